The van der Waals surface area contributed by atoms with Crippen molar-refractivity contribution in [3.8, 4) is 0 Å². The predicted octanol–water partition coefficient (Wildman–Crippen LogP) is 1.95. The number of nitrogens with one attached hydrogen (secondary N) is 1. The average molecular weight is 352 g/mol. The first-order chi connectivity index (χ1) is 10.9. The summed E-state index contributed by atoms with van der Waals surface area (Å²) in [4.78, 5) is 12.3. The molecule has 7 nitrogen and oxygen atoms in total. The van der Waals surface area contributed by atoms with E-state index in [1.54, 1.807) is 25.1 Å². The molecule has 0 aliphatic carbocycles. The Morgan fingerprint density at radius 2 is 2.09 bits per heavy atom. The van der Waals surface area contributed by atoms with Crippen LogP contribution >= 0.6 is 11.3 Å². The number of amides is 1. The number of benzene rings is 1. The molecular weight excluding hydrogens is 336 g/mol. The molecule has 0 radical (unpaired) electrons. The molecule has 1 aromatic heterocycles. The molecule has 9 heteroatoms. The summed E-state index contributed by atoms with van der Waals surface area (Å²) in [5.74, 6) is -0.112. The summed E-state index contributed by atoms with van der Waals surface area (Å²) in [7, 11) is -3.22. The van der Waals surface area contributed by atoms with E-state index in [4.69, 9.17) is 0 Å². The monoisotopic (exact) mass is 352 g/mol. The lowest BCUT2D eigenvalue weighted by atomic mass is 10.1. The molecule has 0 atom stereocenters. The number of hydrogen-bond donors (Lipinski definition) is 1. The summed E-state index contributed by atoms with van der Waals surface area (Å²) in [6, 6.07) is 5.03. The lowest BCUT2D eigenvalue weighted by Crippen LogP contribution is -2.25. The van der Waals surface area contributed by atoms with Crippen molar-refractivity contribution in [1.82, 2.24) is 10.2 Å². The minimum absolute atomic E-state index is 0.171. The van der Waals surface area contributed by atoms with Gasteiger partial charge in [0, 0.05) is 12.1 Å². The highest BCUT2D eigenvalue weighted by Gasteiger charge is 2.28. The lowest BCUT2D eigenvalue weighted by molar-refractivity contribution is 0.102. The highest BCUT2D eigenvalue weighted by atomic mass is 32.2. The fourth-order valence-electron chi connectivity index (χ4n) is 2.50. The van der Waals surface area contributed by atoms with Crippen LogP contribution in [0.15, 0.2) is 18.2 Å². The van der Waals surface area contributed by atoms with E-state index in [1.165, 1.54) is 15.6 Å². The van der Waals surface area contributed by atoms with E-state index >= 15 is 0 Å². The Bertz CT molecular complexity index is 861. The first-order valence-electron chi connectivity index (χ1n) is 7.09. The van der Waals surface area contributed by atoms with Crippen molar-refractivity contribution in [2.24, 2.45) is 0 Å². The van der Waals surface area contributed by atoms with Gasteiger partial charge in [-0.15, -0.1) is 10.2 Å². The minimum atomic E-state index is -3.22. The van der Waals surface area contributed by atoms with Gasteiger partial charge in [0.15, 0.2) is 0 Å². The standard InChI is InChI=1S/C14H16N4O3S2/c1-9-8-11(18-6-3-7-23(18,20)21)4-5-12(9)13(19)15-14-17-16-10(2)22-14/h4-5,8H,3,6-7H2,1-2H3,(H,15,17,19). The van der Waals surface area contributed by atoms with Gasteiger partial charge >= 0.3 is 0 Å². The summed E-state index contributed by atoms with van der Waals surface area (Å²) in [6.45, 7) is 4.08. The van der Waals surface area contributed by atoms with Gasteiger partial charge in [-0.2, -0.15) is 0 Å². The van der Waals surface area contributed by atoms with E-state index < -0.39 is 10.0 Å². The van der Waals surface area contributed by atoms with Crippen molar-refractivity contribution in [3.05, 3.63) is 34.3 Å². The van der Waals surface area contributed by atoms with E-state index in [2.05, 4.69) is 15.5 Å². The molecule has 3 rings (SSSR count). The van der Waals surface area contributed by atoms with Gasteiger partial charge in [0.05, 0.1) is 11.4 Å². The fraction of sp³-hybridized carbons (Fsp3) is 0.357. The number of aryl methyl sites for hydroxylation is 2. The van der Waals surface area contributed by atoms with Gasteiger partial charge in [-0.3, -0.25) is 14.4 Å². The van der Waals surface area contributed by atoms with Gasteiger partial charge in [0.2, 0.25) is 15.2 Å². The van der Waals surface area contributed by atoms with Gasteiger partial charge in [0.25, 0.3) is 5.91 Å². The van der Waals surface area contributed by atoms with Crippen LogP contribution in [0.4, 0.5) is 10.8 Å². The van der Waals surface area contributed by atoms with Gasteiger partial charge in [-0.1, -0.05) is 11.3 Å². The Labute approximate surface area is 138 Å². The van der Waals surface area contributed by atoms with Crippen molar-refractivity contribution in [2.45, 2.75) is 20.3 Å². The maximum Gasteiger partial charge on any atom is 0.257 e. The molecule has 1 N–H and O–H groups in total. The second kappa shape index (κ2) is 5.89. The van der Waals surface area contributed by atoms with Crippen LogP contribution in [-0.4, -0.2) is 36.8 Å². The van der Waals surface area contributed by atoms with E-state index in [9.17, 15) is 13.2 Å². The zero-order valence-corrected chi connectivity index (χ0v) is 14.4. The quantitative estimate of drug-likeness (QED) is 0.911. The number of rotatable bonds is 3. The number of carbonyl (C=O) groups excluding carboxylic acids is 1. The Hall–Kier alpha value is -2.00. The summed E-state index contributed by atoms with van der Waals surface area (Å²) in [6.07, 6.45) is 0.625. The molecule has 1 amide bonds. The van der Waals surface area contributed by atoms with E-state index in [-0.39, 0.29) is 11.7 Å². The number of nitrogens with zero attached hydrogens (tertiary/aromatic N) is 3. The second-order valence-corrected chi connectivity index (χ2v) is 8.52. The molecule has 1 saturated heterocycles. The van der Waals surface area contributed by atoms with E-state index in [0.29, 0.717) is 34.9 Å². The van der Waals surface area contributed by atoms with E-state index in [0.717, 1.165) is 5.01 Å². The van der Waals surface area contributed by atoms with Crippen LogP contribution in [-0.2, 0) is 10.0 Å². The Morgan fingerprint density at radius 1 is 1.30 bits per heavy atom. The van der Waals surface area contributed by atoms with Crippen LogP contribution in [0.3, 0.4) is 0 Å². The zero-order chi connectivity index (χ0) is 16.6. The molecule has 2 aromatic rings. The number of aromatic nitrogens is 2. The van der Waals surface area contributed by atoms with Crippen molar-refractivity contribution in [3.63, 3.8) is 0 Å². The summed E-state index contributed by atoms with van der Waals surface area (Å²) >= 11 is 1.30. The largest absolute Gasteiger partial charge is 0.296 e. The highest BCUT2D eigenvalue weighted by Crippen LogP contribution is 2.26. The molecular formula is C14H16N4O3S2. The normalized spacial score (nSPS) is 16.5. The first-order valence-corrected chi connectivity index (χ1v) is 9.52. The van der Waals surface area contributed by atoms with E-state index in [1.807, 2.05) is 6.92 Å². The second-order valence-electron chi connectivity index (χ2n) is 5.32. The Balaban J connectivity index is 1.83. The van der Waals surface area contributed by atoms with Crippen molar-refractivity contribution < 1.29 is 13.2 Å². The molecule has 2 heterocycles. The van der Waals surface area contributed by atoms with Crippen LogP contribution in [0, 0.1) is 13.8 Å². The van der Waals surface area contributed by atoms with Crippen molar-refractivity contribution >= 4 is 38.1 Å². The van der Waals surface area contributed by atoms with Gasteiger partial charge < -0.3 is 0 Å². The summed E-state index contributed by atoms with van der Waals surface area (Å²) < 4.78 is 25.3. The average Bonchev–Trinajstić information content (AvgIpc) is 3.03. The van der Waals surface area contributed by atoms with Crippen LogP contribution < -0.4 is 9.62 Å². The maximum atomic E-state index is 12.3. The topological polar surface area (TPSA) is 92.3 Å². The molecule has 1 aromatic carbocycles. The number of carbonyl (C=O) groups is 1. The third kappa shape index (κ3) is 3.20. The molecule has 1 aliphatic heterocycles. The van der Waals surface area contributed by atoms with Crippen LogP contribution in [0.2, 0.25) is 0 Å². The number of hydrogen-bond acceptors (Lipinski definition) is 6. The molecule has 23 heavy (non-hydrogen) atoms. The number of anilines is 2. The third-order valence-electron chi connectivity index (χ3n) is 3.59. The van der Waals surface area contributed by atoms with Gasteiger partial charge in [-0.25, -0.2) is 8.42 Å². The van der Waals surface area contributed by atoms with Gasteiger partial charge in [-0.05, 0) is 44.0 Å². The predicted molar refractivity (Wildman–Crippen MR) is 89.5 cm³/mol. The lowest BCUT2D eigenvalue weighted by Gasteiger charge is -2.18. The fourth-order valence-corrected chi connectivity index (χ4v) is 4.64. The van der Waals surface area contributed by atoms with Crippen LogP contribution in [0.1, 0.15) is 27.3 Å². The molecule has 0 spiro atoms. The first kappa shape index (κ1) is 15.9. The Morgan fingerprint density at radius 3 is 2.65 bits per heavy atom. The summed E-state index contributed by atoms with van der Waals surface area (Å²) in [5, 5.41) is 11.6. The molecule has 1 aliphatic rings. The van der Waals surface area contributed by atoms with Crippen molar-refractivity contribution in [2.75, 3.05) is 21.9 Å². The molecule has 1 fully saturated rings. The maximum absolute atomic E-state index is 12.3. The van der Waals surface area contributed by atoms with Crippen molar-refractivity contribution in [1.29, 1.82) is 0 Å². The SMILES string of the molecule is Cc1nnc(NC(=O)c2ccc(N3CCCS3(=O)=O)cc2C)s1. The van der Waals surface area contributed by atoms with Crippen LogP contribution in [0.5, 0.6) is 0 Å². The number of sulfonamides is 1. The Kier molecular flexibility index (Phi) is 4.07. The van der Waals surface area contributed by atoms with Gasteiger partial charge in [0.1, 0.15) is 5.01 Å². The molecule has 0 saturated carbocycles. The molecule has 0 bridgehead atoms. The summed E-state index contributed by atoms with van der Waals surface area (Å²) in [5.41, 5.74) is 1.80. The van der Waals surface area contributed by atoms with Crippen LogP contribution in [0.25, 0.3) is 0 Å². The third-order valence-corrected chi connectivity index (χ3v) is 6.21. The smallest absolute Gasteiger partial charge is 0.257 e. The minimum Gasteiger partial charge on any atom is -0.296 e. The highest BCUT2D eigenvalue weighted by molar-refractivity contribution is 7.93. The molecule has 0 unspecified atom stereocenters. The molecule has 122 valence electrons. The zero-order valence-electron chi connectivity index (χ0n) is 12.7.